The summed E-state index contributed by atoms with van der Waals surface area (Å²) in [6.07, 6.45) is 4.37. The molecule has 0 aromatic rings. The summed E-state index contributed by atoms with van der Waals surface area (Å²) in [5.41, 5.74) is 0. The number of methoxy groups -OCH3 is 1. The number of thioether (sulfide) groups is 1. The van der Waals surface area contributed by atoms with E-state index in [4.69, 9.17) is 4.74 Å². The molecule has 4 heteroatoms. The quantitative estimate of drug-likeness (QED) is 0.454. The van der Waals surface area contributed by atoms with E-state index in [9.17, 15) is 9.18 Å². The van der Waals surface area contributed by atoms with Crippen LogP contribution in [0, 0.1) is 0 Å². The standard InChI is InChI=1S/C11H21FO2S/c1-3-7-10(11(13)14-2)15-9-6-4-5-8-12/h10H,3-9H2,1-2H3. The normalized spacial score (nSPS) is 12.5. The zero-order valence-corrected chi connectivity index (χ0v) is 10.4. The topological polar surface area (TPSA) is 26.3 Å². The van der Waals surface area contributed by atoms with Gasteiger partial charge in [-0.3, -0.25) is 9.18 Å². The third-order valence-electron chi connectivity index (χ3n) is 2.11. The van der Waals surface area contributed by atoms with Gasteiger partial charge >= 0.3 is 5.97 Å². The number of hydrogen-bond donors (Lipinski definition) is 0. The van der Waals surface area contributed by atoms with Crippen molar-refractivity contribution in [3.8, 4) is 0 Å². The number of unbranched alkanes of at least 4 members (excludes halogenated alkanes) is 2. The summed E-state index contributed by atoms with van der Waals surface area (Å²) >= 11 is 1.63. The van der Waals surface area contributed by atoms with E-state index in [0.717, 1.165) is 31.4 Å². The SMILES string of the molecule is CCCC(SCCCCCF)C(=O)OC. The van der Waals surface area contributed by atoms with Gasteiger partial charge in [0.1, 0.15) is 5.25 Å². The lowest BCUT2D eigenvalue weighted by Crippen LogP contribution is -2.19. The molecule has 0 aromatic carbocycles. The van der Waals surface area contributed by atoms with E-state index < -0.39 is 0 Å². The van der Waals surface area contributed by atoms with Gasteiger partial charge in [0.15, 0.2) is 0 Å². The van der Waals surface area contributed by atoms with E-state index in [1.807, 2.05) is 0 Å². The Labute approximate surface area is 96.0 Å². The first kappa shape index (κ1) is 14.8. The fourth-order valence-corrected chi connectivity index (χ4v) is 2.55. The zero-order chi connectivity index (χ0) is 11.5. The van der Waals surface area contributed by atoms with Crippen LogP contribution in [-0.2, 0) is 9.53 Å². The van der Waals surface area contributed by atoms with Crippen LogP contribution in [0.5, 0.6) is 0 Å². The first-order valence-corrected chi connectivity index (χ1v) is 6.56. The van der Waals surface area contributed by atoms with Crippen molar-refractivity contribution in [1.82, 2.24) is 0 Å². The molecule has 0 aliphatic carbocycles. The molecule has 0 bridgehead atoms. The number of rotatable bonds is 9. The van der Waals surface area contributed by atoms with E-state index in [1.54, 1.807) is 11.8 Å². The van der Waals surface area contributed by atoms with Crippen molar-refractivity contribution < 1.29 is 13.9 Å². The van der Waals surface area contributed by atoms with Gasteiger partial charge in [-0.05, 0) is 25.0 Å². The number of halogens is 1. The van der Waals surface area contributed by atoms with E-state index in [-0.39, 0.29) is 17.9 Å². The van der Waals surface area contributed by atoms with E-state index in [0.29, 0.717) is 6.42 Å². The fourth-order valence-electron chi connectivity index (χ4n) is 1.26. The highest BCUT2D eigenvalue weighted by Crippen LogP contribution is 2.19. The van der Waals surface area contributed by atoms with E-state index in [1.165, 1.54) is 7.11 Å². The second-order valence-corrected chi connectivity index (χ2v) is 4.73. The summed E-state index contributed by atoms with van der Waals surface area (Å²) < 4.78 is 16.5. The molecule has 0 aliphatic heterocycles. The van der Waals surface area contributed by atoms with Crippen molar-refractivity contribution in [2.75, 3.05) is 19.5 Å². The number of hydrogen-bond acceptors (Lipinski definition) is 3. The van der Waals surface area contributed by atoms with Crippen molar-refractivity contribution >= 4 is 17.7 Å². The van der Waals surface area contributed by atoms with Crippen LogP contribution >= 0.6 is 11.8 Å². The van der Waals surface area contributed by atoms with Gasteiger partial charge in [0.2, 0.25) is 0 Å². The highest BCUT2D eigenvalue weighted by Gasteiger charge is 2.17. The van der Waals surface area contributed by atoms with Crippen LogP contribution in [0.3, 0.4) is 0 Å². The molecule has 0 N–H and O–H groups in total. The van der Waals surface area contributed by atoms with Crippen molar-refractivity contribution in [2.24, 2.45) is 0 Å². The average Bonchev–Trinajstić information content (AvgIpc) is 2.26. The van der Waals surface area contributed by atoms with Gasteiger partial charge in [-0.2, -0.15) is 0 Å². The number of alkyl halides is 1. The molecular formula is C11H21FO2S. The number of carbonyl (C=O) groups is 1. The Balaban J connectivity index is 3.61. The van der Waals surface area contributed by atoms with Crippen LogP contribution in [-0.4, -0.2) is 30.8 Å². The maximum Gasteiger partial charge on any atom is 0.318 e. The molecule has 0 amide bonds. The largest absolute Gasteiger partial charge is 0.468 e. The Hall–Kier alpha value is -0.250. The zero-order valence-electron chi connectivity index (χ0n) is 9.63. The lowest BCUT2D eigenvalue weighted by Gasteiger charge is -2.12. The molecule has 15 heavy (non-hydrogen) atoms. The molecule has 0 aromatic heterocycles. The summed E-state index contributed by atoms with van der Waals surface area (Å²) in [6.45, 7) is 1.82. The van der Waals surface area contributed by atoms with Gasteiger partial charge in [0, 0.05) is 0 Å². The molecule has 0 saturated heterocycles. The predicted molar refractivity (Wildman–Crippen MR) is 63.0 cm³/mol. The van der Waals surface area contributed by atoms with Crippen molar-refractivity contribution in [3.63, 3.8) is 0 Å². The molecule has 0 saturated carbocycles. The Morgan fingerprint density at radius 1 is 1.40 bits per heavy atom. The minimum absolute atomic E-state index is 0.0367. The molecule has 0 aliphatic rings. The molecule has 0 radical (unpaired) electrons. The third kappa shape index (κ3) is 7.65. The molecule has 1 atom stereocenters. The average molecular weight is 236 g/mol. The van der Waals surface area contributed by atoms with Gasteiger partial charge in [-0.1, -0.05) is 19.8 Å². The van der Waals surface area contributed by atoms with Gasteiger partial charge in [0.25, 0.3) is 0 Å². The van der Waals surface area contributed by atoms with E-state index >= 15 is 0 Å². The molecular weight excluding hydrogens is 215 g/mol. The molecule has 0 fully saturated rings. The van der Waals surface area contributed by atoms with Crippen LogP contribution in [0.2, 0.25) is 0 Å². The first-order valence-electron chi connectivity index (χ1n) is 5.51. The Bertz CT molecular complexity index is 165. The second-order valence-electron chi connectivity index (χ2n) is 3.42. The van der Waals surface area contributed by atoms with Crippen LogP contribution in [0.15, 0.2) is 0 Å². The molecule has 0 rings (SSSR count). The molecule has 0 heterocycles. The summed E-state index contributed by atoms with van der Waals surface area (Å²) in [4.78, 5) is 11.3. The fraction of sp³-hybridized carbons (Fsp3) is 0.909. The van der Waals surface area contributed by atoms with Crippen LogP contribution in [0.4, 0.5) is 4.39 Å². The Kier molecular flexibility index (Phi) is 10.1. The van der Waals surface area contributed by atoms with Crippen LogP contribution < -0.4 is 0 Å². The first-order chi connectivity index (χ1) is 7.26. The number of esters is 1. The van der Waals surface area contributed by atoms with E-state index in [2.05, 4.69) is 6.92 Å². The molecule has 1 unspecified atom stereocenters. The van der Waals surface area contributed by atoms with Gasteiger partial charge in [0.05, 0.1) is 13.8 Å². The van der Waals surface area contributed by atoms with Crippen LogP contribution in [0.25, 0.3) is 0 Å². The lowest BCUT2D eigenvalue weighted by atomic mass is 10.2. The van der Waals surface area contributed by atoms with Crippen LogP contribution in [0.1, 0.15) is 39.0 Å². The molecule has 90 valence electrons. The molecule has 0 spiro atoms. The highest BCUT2D eigenvalue weighted by atomic mass is 32.2. The summed E-state index contributed by atoms with van der Waals surface area (Å²) in [7, 11) is 1.43. The third-order valence-corrected chi connectivity index (χ3v) is 3.47. The Morgan fingerprint density at radius 2 is 2.13 bits per heavy atom. The molecule has 2 nitrogen and oxygen atoms in total. The summed E-state index contributed by atoms with van der Waals surface area (Å²) in [5, 5.41) is -0.0367. The smallest absolute Gasteiger partial charge is 0.318 e. The minimum atomic E-state index is -0.236. The van der Waals surface area contributed by atoms with Crippen molar-refractivity contribution in [2.45, 2.75) is 44.3 Å². The van der Waals surface area contributed by atoms with Crippen molar-refractivity contribution in [3.05, 3.63) is 0 Å². The maximum atomic E-state index is 11.8. The highest BCUT2D eigenvalue weighted by molar-refractivity contribution is 8.00. The summed E-state index contributed by atoms with van der Waals surface area (Å²) in [6, 6.07) is 0. The Morgan fingerprint density at radius 3 is 2.67 bits per heavy atom. The van der Waals surface area contributed by atoms with Gasteiger partial charge < -0.3 is 4.74 Å². The predicted octanol–water partition coefficient (Wildman–Crippen LogP) is 3.20. The number of carbonyl (C=O) groups excluding carboxylic acids is 1. The van der Waals surface area contributed by atoms with Gasteiger partial charge in [-0.15, -0.1) is 11.8 Å². The van der Waals surface area contributed by atoms with Gasteiger partial charge in [-0.25, -0.2) is 0 Å². The summed E-state index contributed by atoms with van der Waals surface area (Å²) in [5.74, 6) is 0.784. The minimum Gasteiger partial charge on any atom is -0.468 e. The number of ether oxygens (including phenoxy) is 1. The van der Waals surface area contributed by atoms with Crippen molar-refractivity contribution in [1.29, 1.82) is 0 Å². The lowest BCUT2D eigenvalue weighted by molar-refractivity contribution is -0.140. The maximum absolute atomic E-state index is 11.8. The monoisotopic (exact) mass is 236 g/mol. The second kappa shape index (κ2) is 10.3.